The molecular formula is C22H19ClN2O3S. The van der Waals surface area contributed by atoms with Crippen molar-refractivity contribution in [3.63, 3.8) is 0 Å². The van der Waals surface area contributed by atoms with Crippen molar-refractivity contribution in [2.45, 2.75) is 12.0 Å². The van der Waals surface area contributed by atoms with Crippen LogP contribution in [0.4, 0.5) is 5.69 Å². The summed E-state index contributed by atoms with van der Waals surface area (Å²) in [6.07, 6.45) is 0. The minimum atomic E-state index is -0.573. The molecule has 0 unspecified atom stereocenters. The van der Waals surface area contributed by atoms with E-state index in [1.54, 1.807) is 36.2 Å². The molecule has 2 aromatic carbocycles. The predicted octanol–water partition coefficient (Wildman–Crippen LogP) is 4.96. The molecule has 0 spiro atoms. The van der Waals surface area contributed by atoms with E-state index < -0.39 is 12.0 Å². The molecular weight excluding hydrogens is 408 g/mol. The highest BCUT2D eigenvalue weighted by Crippen LogP contribution is 2.44. The minimum absolute atomic E-state index is 0.0941. The number of amides is 2. The van der Waals surface area contributed by atoms with Gasteiger partial charge in [-0.05, 0) is 41.3 Å². The average molecular weight is 427 g/mol. The molecule has 0 saturated heterocycles. The Morgan fingerprint density at radius 1 is 1.17 bits per heavy atom. The number of nitrogens with zero attached hydrogens (tertiary/aromatic N) is 1. The van der Waals surface area contributed by atoms with E-state index in [4.69, 9.17) is 16.3 Å². The van der Waals surface area contributed by atoms with Crippen molar-refractivity contribution in [3.05, 3.63) is 81.0 Å². The Morgan fingerprint density at radius 2 is 1.97 bits per heavy atom. The molecule has 1 aromatic heterocycles. The van der Waals surface area contributed by atoms with Crippen LogP contribution in [0.25, 0.3) is 0 Å². The normalized spacial score (nSPS) is 18.3. The van der Waals surface area contributed by atoms with Crippen molar-refractivity contribution in [2.75, 3.05) is 19.5 Å². The number of hydrogen-bond acceptors (Lipinski definition) is 4. The van der Waals surface area contributed by atoms with E-state index in [0.29, 0.717) is 27.6 Å². The Bertz CT molecular complexity index is 1070. The Hall–Kier alpha value is -2.83. The summed E-state index contributed by atoms with van der Waals surface area (Å²) in [4.78, 5) is 29.1. The van der Waals surface area contributed by atoms with Gasteiger partial charge in [0, 0.05) is 22.5 Å². The molecule has 5 nitrogen and oxygen atoms in total. The van der Waals surface area contributed by atoms with E-state index >= 15 is 0 Å². The number of rotatable bonds is 4. The monoisotopic (exact) mass is 426 g/mol. The second-order valence-corrected chi connectivity index (χ2v) is 8.19. The molecule has 1 N–H and O–H groups in total. The first-order valence-electron chi connectivity index (χ1n) is 9.05. The molecule has 1 aliphatic heterocycles. The summed E-state index contributed by atoms with van der Waals surface area (Å²) in [7, 11) is 3.28. The van der Waals surface area contributed by atoms with Crippen molar-refractivity contribution >= 4 is 40.4 Å². The van der Waals surface area contributed by atoms with Crippen LogP contribution in [0, 0.1) is 0 Å². The molecule has 2 amide bonds. The molecule has 0 bridgehead atoms. The third-order valence-electron chi connectivity index (χ3n) is 5.12. The number of ether oxygens (including phenoxy) is 1. The summed E-state index contributed by atoms with van der Waals surface area (Å²) in [6.45, 7) is 0. The maximum atomic E-state index is 13.5. The Balaban J connectivity index is 1.80. The number of benzene rings is 2. The van der Waals surface area contributed by atoms with Gasteiger partial charge < -0.3 is 15.0 Å². The molecule has 2 atom stereocenters. The second kappa shape index (κ2) is 7.89. The van der Waals surface area contributed by atoms with Crippen LogP contribution >= 0.6 is 22.9 Å². The molecule has 7 heteroatoms. The molecule has 2 heterocycles. The number of carbonyl (C=O) groups is 2. The molecule has 148 valence electrons. The van der Waals surface area contributed by atoms with Crippen LogP contribution in [-0.4, -0.2) is 30.9 Å². The largest absolute Gasteiger partial charge is 0.495 e. The van der Waals surface area contributed by atoms with Crippen LogP contribution in [0.15, 0.2) is 60.0 Å². The molecule has 0 aliphatic carbocycles. The molecule has 0 radical (unpaired) electrons. The highest BCUT2D eigenvalue weighted by Gasteiger charge is 2.43. The fourth-order valence-electron chi connectivity index (χ4n) is 3.76. The lowest BCUT2D eigenvalue weighted by molar-refractivity contribution is -0.119. The van der Waals surface area contributed by atoms with E-state index in [1.165, 1.54) is 18.4 Å². The van der Waals surface area contributed by atoms with Gasteiger partial charge in [-0.3, -0.25) is 9.59 Å². The first-order valence-corrected chi connectivity index (χ1v) is 10.3. The van der Waals surface area contributed by atoms with Crippen LogP contribution in [0.3, 0.4) is 0 Å². The second-order valence-electron chi connectivity index (χ2n) is 6.78. The zero-order valence-electron chi connectivity index (χ0n) is 15.9. The SMILES string of the molecule is COc1ccc(Cl)cc1NC(=O)[C@@H]1c2ccccc2C(=O)N(C)[C@@H]1c1cccs1. The van der Waals surface area contributed by atoms with Gasteiger partial charge in [-0.25, -0.2) is 0 Å². The molecule has 4 rings (SSSR count). The number of nitrogens with one attached hydrogen (secondary N) is 1. The fraction of sp³-hybridized carbons (Fsp3) is 0.182. The van der Waals surface area contributed by atoms with Crippen LogP contribution in [0.2, 0.25) is 5.02 Å². The summed E-state index contributed by atoms with van der Waals surface area (Å²) in [6, 6.07) is 15.8. The van der Waals surface area contributed by atoms with Crippen molar-refractivity contribution in [2.24, 2.45) is 0 Å². The maximum Gasteiger partial charge on any atom is 0.254 e. The summed E-state index contributed by atoms with van der Waals surface area (Å²) >= 11 is 7.65. The lowest BCUT2D eigenvalue weighted by Gasteiger charge is -2.39. The van der Waals surface area contributed by atoms with Gasteiger partial charge >= 0.3 is 0 Å². The highest BCUT2D eigenvalue weighted by molar-refractivity contribution is 7.10. The number of hydrogen-bond donors (Lipinski definition) is 1. The van der Waals surface area contributed by atoms with Gasteiger partial charge in [0.2, 0.25) is 5.91 Å². The first kappa shape index (κ1) is 19.5. The van der Waals surface area contributed by atoms with E-state index in [0.717, 1.165) is 4.88 Å². The molecule has 0 saturated carbocycles. The first-order chi connectivity index (χ1) is 14.0. The molecule has 0 fully saturated rings. The third kappa shape index (κ3) is 3.50. The van der Waals surface area contributed by atoms with Crippen LogP contribution < -0.4 is 10.1 Å². The molecule has 1 aliphatic rings. The quantitative estimate of drug-likeness (QED) is 0.641. The Morgan fingerprint density at radius 3 is 2.69 bits per heavy atom. The number of thiophene rings is 1. The van der Waals surface area contributed by atoms with Gasteiger partial charge in [0.1, 0.15) is 5.75 Å². The predicted molar refractivity (Wildman–Crippen MR) is 115 cm³/mol. The topological polar surface area (TPSA) is 58.6 Å². The molecule has 29 heavy (non-hydrogen) atoms. The standard InChI is InChI=1S/C22H19ClN2O3S/c1-25-20(18-8-5-11-29-18)19(14-6-3-4-7-15(14)22(25)27)21(26)24-16-12-13(23)9-10-17(16)28-2/h3-12,19-20H,1-2H3,(H,24,26)/t19-,20-/m1/s1. The van der Waals surface area contributed by atoms with Gasteiger partial charge in [0.15, 0.2) is 0 Å². The lowest BCUT2D eigenvalue weighted by atomic mass is 9.81. The van der Waals surface area contributed by atoms with Crippen LogP contribution in [0.5, 0.6) is 5.75 Å². The van der Waals surface area contributed by atoms with Crippen LogP contribution in [0.1, 0.15) is 32.8 Å². The van der Waals surface area contributed by atoms with Crippen molar-refractivity contribution < 1.29 is 14.3 Å². The number of anilines is 1. The summed E-state index contributed by atoms with van der Waals surface area (Å²) < 4.78 is 5.36. The highest BCUT2D eigenvalue weighted by atomic mass is 35.5. The third-order valence-corrected chi connectivity index (χ3v) is 6.29. The zero-order valence-corrected chi connectivity index (χ0v) is 17.5. The number of halogens is 1. The number of methoxy groups -OCH3 is 1. The summed E-state index contributed by atoms with van der Waals surface area (Å²) in [5.41, 5.74) is 1.75. The van der Waals surface area contributed by atoms with Crippen molar-refractivity contribution in [3.8, 4) is 5.75 Å². The van der Waals surface area contributed by atoms with Gasteiger partial charge in [-0.1, -0.05) is 35.9 Å². The van der Waals surface area contributed by atoms with Gasteiger partial charge in [0.25, 0.3) is 5.91 Å². The van der Waals surface area contributed by atoms with Crippen molar-refractivity contribution in [1.82, 2.24) is 4.90 Å². The maximum absolute atomic E-state index is 13.5. The minimum Gasteiger partial charge on any atom is -0.495 e. The Kier molecular flexibility index (Phi) is 5.30. The number of likely N-dealkylation sites (N-methyl/N-ethyl adjacent to an activating group) is 1. The van der Waals surface area contributed by atoms with E-state index in [9.17, 15) is 9.59 Å². The number of carbonyl (C=O) groups excluding carboxylic acids is 2. The van der Waals surface area contributed by atoms with E-state index in [1.807, 2.05) is 35.7 Å². The zero-order chi connectivity index (χ0) is 20.5. The van der Waals surface area contributed by atoms with Crippen molar-refractivity contribution in [1.29, 1.82) is 0 Å². The van der Waals surface area contributed by atoms with E-state index in [-0.39, 0.29) is 11.8 Å². The van der Waals surface area contributed by atoms with Crippen LogP contribution in [-0.2, 0) is 4.79 Å². The van der Waals surface area contributed by atoms with Gasteiger partial charge in [-0.2, -0.15) is 0 Å². The molecule has 3 aromatic rings. The fourth-order valence-corrected chi connectivity index (χ4v) is 4.84. The number of fused-ring (bicyclic) bond motifs is 1. The summed E-state index contributed by atoms with van der Waals surface area (Å²) in [5, 5.41) is 5.40. The van der Waals surface area contributed by atoms with Gasteiger partial charge in [0.05, 0.1) is 24.8 Å². The average Bonchev–Trinajstić information content (AvgIpc) is 3.25. The van der Waals surface area contributed by atoms with Gasteiger partial charge in [-0.15, -0.1) is 11.3 Å². The Labute approximate surface area is 177 Å². The lowest BCUT2D eigenvalue weighted by Crippen LogP contribution is -2.43. The smallest absolute Gasteiger partial charge is 0.254 e. The van der Waals surface area contributed by atoms with E-state index in [2.05, 4.69) is 5.32 Å². The summed E-state index contributed by atoms with van der Waals surface area (Å²) in [5.74, 6) is -0.376.